The number of nitrogens with zero attached hydrogens (tertiary/aromatic N) is 3. The van der Waals surface area contributed by atoms with Crippen LogP contribution in [-0.2, 0) is 14.8 Å². The normalized spacial score (nSPS) is 16.1. The number of benzene rings is 1. The van der Waals surface area contributed by atoms with Crippen molar-refractivity contribution in [3.8, 4) is 5.75 Å². The minimum absolute atomic E-state index is 0.222. The van der Waals surface area contributed by atoms with Gasteiger partial charge in [0.2, 0.25) is 15.9 Å². The predicted molar refractivity (Wildman–Crippen MR) is 94.3 cm³/mol. The van der Waals surface area contributed by atoms with Gasteiger partial charge in [0.1, 0.15) is 12.3 Å². The molecule has 0 radical (unpaired) electrons. The number of rotatable bonds is 5. The van der Waals surface area contributed by atoms with E-state index in [9.17, 15) is 13.2 Å². The molecule has 0 unspecified atom stereocenters. The Balaban J connectivity index is 2.20. The predicted octanol–water partition coefficient (Wildman–Crippen LogP) is 0.889. The Hall–Kier alpha value is -1.51. The maximum absolute atomic E-state index is 12.5. The molecule has 1 aliphatic heterocycles. The number of ether oxygens (including phenoxy) is 1. The van der Waals surface area contributed by atoms with Gasteiger partial charge in [-0.05, 0) is 25.2 Å². The van der Waals surface area contributed by atoms with Gasteiger partial charge in [0.15, 0.2) is 0 Å². The third-order valence-electron chi connectivity index (χ3n) is 3.96. The Kier molecular flexibility index (Phi) is 5.95. The first-order valence-corrected chi connectivity index (χ1v) is 9.72. The van der Waals surface area contributed by atoms with Gasteiger partial charge in [-0.15, -0.1) is 0 Å². The van der Waals surface area contributed by atoms with Gasteiger partial charge in [0, 0.05) is 26.2 Å². The minimum Gasteiger partial charge on any atom is -0.495 e. The second-order valence-corrected chi connectivity index (χ2v) is 8.09. The van der Waals surface area contributed by atoms with Crippen LogP contribution in [0, 0.1) is 0 Å². The molecule has 0 aliphatic carbocycles. The summed E-state index contributed by atoms with van der Waals surface area (Å²) in [6, 6.07) is 4.64. The van der Waals surface area contributed by atoms with Crippen LogP contribution in [0.25, 0.3) is 0 Å². The SMILES string of the molecule is COc1ccc(N(CC(=O)N2CCN(C)CC2)S(C)(=O)=O)cc1Cl. The molecule has 9 heteroatoms. The average Bonchev–Trinajstić information content (AvgIpc) is 2.52. The van der Waals surface area contributed by atoms with E-state index in [-0.39, 0.29) is 17.5 Å². The molecule has 0 atom stereocenters. The molecule has 0 saturated carbocycles. The van der Waals surface area contributed by atoms with E-state index in [0.717, 1.165) is 23.7 Å². The van der Waals surface area contributed by atoms with Crippen LogP contribution in [0.15, 0.2) is 18.2 Å². The van der Waals surface area contributed by atoms with Crippen LogP contribution in [0.5, 0.6) is 5.75 Å². The monoisotopic (exact) mass is 375 g/mol. The van der Waals surface area contributed by atoms with E-state index in [1.165, 1.54) is 13.2 Å². The molecular formula is C15H22ClN3O4S. The van der Waals surface area contributed by atoms with Crippen LogP contribution >= 0.6 is 11.6 Å². The zero-order chi connectivity index (χ0) is 17.9. The first-order chi connectivity index (χ1) is 11.2. The molecular weight excluding hydrogens is 354 g/mol. The van der Waals surface area contributed by atoms with Crippen molar-refractivity contribution in [3.63, 3.8) is 0 Å². The lowest BCUT2D eigenvalue weighted by atomic mass is 10.3. The second-order valence-electron chi connectivity index (χ2n) is 5.77. The highest BCUT2D eigenvalue weighted by atomic mass is 35.5. The average molecular weight is 376 g/mol. The van der Waals surface area contributed by atoms with E-state index in [4.69, 9.17) is 16.3 Å². The Morgan fingerprint density at radius 3 is 2.42 bits per heavy atom. The zero-order valence-corrected chi connectivity index (χ0v) is 15.6. The summed E-state index contributed by atoms with van der Waals surface area (Å²) in [4.78, 5) is 16.3. The maximum Gasteiger partial charge on any atom is 0.243 e. The summed E-state index contributed by atoms with van der Waals surface area (Å²) in [5.74, 6) is 0.222. The minimum atomic E-state index is -3.62. The summed E-state index contributed by atoms with van der Waals surface area (Å²) in [6.07, 6.45) is 1.07. The molecule has 1 aromatic carbocycles. The molecule has 0 aromatic heterocycles. The lowest BCUT2D eigenvalue weighted by molar-refractivity contribution is -0.131. The van der Waals surface area contributed by atoms with Gasteiger partial charge in [0.05, 0.1) is 24.1 Å². The fraction of sp³-hybridized carbons (Fsp3) is 0.533. The summed E-state index contributed by atoms with van der Waals surface area (Å²) in [5.41, 5.74) is 0.339. The number of carbonyl (C=O) groups is 1. The Labute approximate surface area is 147 Å². The number of carbonyl (C=O) groups excluding carboxylic acids is 1. The van der Waals surface area contributed by atoms with Gasteiger partial charge >= 0.3 is 0 Å². The van der Waals surface area contributed by atoms with Crippen LogP contribution in [0.2, 0.25) is 5.02 Å². The number of likely N-dealkylation sites (N-methyl/N-ethyl adjacent to an activating group) is 1. The standard InChI is InChI=1S/C15H22ClN3O4S/c1-17-6-8-18(9-7-17)15(20)11-19(24(3,21)22)12-4-5-14(23-2)13(16)10-12/h4-5,10H,6-9,11H2,1-3H3. The molecule has 2 rings (SSSR count). The molecule has 1 saturated heterocycles. The quantitative estimate of drug-likeness (QED) is 0.764. The Bertz CT molecular complexity index is 703. The van der Waals surface area contributed by atoms with Crippen LogP contribution < -0.4 is 9.04 Å². The maximum atomic E-state index is 12.5. The van der Waals surface area contributed by atoms with Gasteiger partial charge in [-0.2, -0.15) is 0 Å². The van der Waals surface area contributed by atoms with E-state index in [1.807, 2.05) is 7.05 Å². The number of methoxy groups -OCH3 is 1. The highest BCUT2D eigenvalue weighted by molar-refractivity contribution is 7.92. The molecule has 0 bridgehead atoms. The molecule has 24 heavy (non-hydrogen) atoms. The lowest BCUT2D eigenvalue weighted by Crippen LogP contribution is -2.50. The van der Waals surface area contributed by atoms with Gasteiger partial charge < -0.3 is 14.5 Å². The van der Waals surface area contributed by atoms with Crippen molar-refractivity contribution >= 4 is 33.2 Å². The molecule has 134 valence electrons. The van der Waals surface area contributed by atoms with Crippen molar-refractivity contribution in [3.05, 3.63) is 23.2 Å². The van der Waals surface area contributed by atoms with Crippen LogP contribution in [0.1, 0.15) is 0 Å². The summed E-state index contributed by atoms with van der Waals surface area (Å²) in [6.45, 7) is 2.50. The van der Waals surface area contributed by atoms with Gasteiger partial charge in [-0.1, -0.05) is 11.6 Å². The summed E-state index contributed by atoms with van der Waals surface area (Å²) < 4.78 is 30.4. The van der Waals surface area contributed by atoms with Gasteiger partial charge in [-0.3, -0.25) is 9.10 Å². The van der Waals surface area contributed by atoms with Crippen molar-refractivity contribution in [1.82, 2.24) is 9.80 Å². The summed E-state index contributed by atoms with van der Waals surface area (Å²) >= 11 is 6.08. The van der Waals surface area contributed by atoms with Crippen molar-refractivity contribution in [2.75, 3.05) is 57.4 Å². The number of hydrogen-bond donors (Lipinski definition) is 0. The van der Waals surface area contributed by atoms with E-state index in [1.54, 1.807) is 17.0 Å². The fourth-order valence-electron chi connectivity index (χ4n) is 2.49. The van der Waals surface area contributed by atoms with Crippen molar-refractivity contribution in [1.29, 1.82) is 0 Å². The van der Waals surface area contributed by atoms with Crippen LogP contribution in [-0.4, -0.2) is 77.3 Å². The third-order valence-corrected chi connectivity index (χ3v) is 5.39. The number of anilines is 1. The molecule has 0 spiro atoms. The fourth-order valence-corrected chi connectivity index (χ4v) is 3.58. The van der Waals surface area contributed by atoms with E-state index in [2.05, 4.69) is 4.90 Å². The Morgan fingerprint density at radius 2 is 1.92 bits per heavy atom. The number of amides is 1. The second kappa shape index (κ2) is 7.58. The molecule has 1 aliphatic rings. The van der Waals surface area contributed by atoms with Crippen LogP contribution in [0.4, 0.5) is 5.69 Å². The number of hydrogen-bond acceptors (Lipinski definition) is 5. The van der Waals surface area contributed by atoms with E-state index in [0.29, 0.717) is 24.5 Å². The molecule has 1 fully saturated rings. The summed E-state index contributed by atoms with van der Waals surface area (Å²) in [7, 11) is -0.154. The van der Waals surface area contributed by atoms with Crippen molar-refractivity contribution in [2.24, 2.45) is 0 Å². The van der Waals surface area contributed by atoms with E-state index < -0.39 is 10.0 Å². The van der Waals surface area contributed by atoms with E-state index >= 15 is 0 Å². The van der Waals surface area contributed by atoms with Crippen molar-refractivity contribution in [2.45, 2.75) is 0 Å². The molecule has 1 aromatic rings. The highest BCUT2D eigenvalue weighted by Crippen LogP contribution is 2.30. The number of piperazine rings is 1. The molecule has 1 amide bonds. The topological polar surface area (TPSA) is 70.2 Å². The first kappa shape index (κ1) is 18.8. The smallest absolute Gasteiger partial charge is 0.243 e. The van der Waals surface area contributed by atoms with Crippen LogP contribution in [0.3, 0.4) is 0 Å². The molecule has 1 heterocycles. The number of sulfonamides is 1. The van der Waals surface area contributed by atoms with Gasteiger partial charge in [0.25, 0.3) is 0 Å². The zero-order valence-electron chi connectivity index (χ0n) is 14.0. The molecule has 0 N–H and O–H groups in total. The lowest BCUT2D eigenvalue weighted by Gasteiger charge is -2.34. The number of halogens is 1. The Morgan fingerprint density at radius 1 is 1.29 bits per heavy atom. The first-order valence-electron chi connectivity index (χ1n) is 7.50. The largest absolute Gasteiger partial charge is 0.495 e. The molecule has 7 nitrogen and oxygen atoms in total. The van der Waals surface area contributed by atoms with Gasteiger partial charge in [-0.25, -0.2) is 8.42 Å². The van der Waals surface area contributed by atoms with Crippen molar-refractivity contribution < 1.29 is 17.9 Å². The highest BCUT2D eigenvalue weighted by Gasteiger charge is 2.26. The summed E-state index contributed by atoms with van der Waals surface area (Å²) in [5, 5.41) is 0.288. The third kappa shape index (κ3) is 4.52.